The van der Waals surface area contributed by atoms with Gasteiger partial charge in [-0.3, -0.25) is 0 Å². The third-order valence-corrected chi connectivity index (χ3v) is 5.96. The van der Waals surface area contributed by atoms with Gasteiger partial charge in [0.2, 0.25) is 0 Å². The molecule has 1 aliphatic rings. The largest absolute Gasteiger partial charge is 0.368 e. The second-order valence-corrected chi connectivity index (χ2v) is 8.62. The predicted octanol–water partition coefficient (Wildman–Crippen LogP) is 5.69. The SMILES string of the molecule is C=CCO[C@H]1O[C@H](C)[C@@H](OCc2ccccc2)[C@H](OCc2ccccc2)[C@H]1OCc1ccccc1. The van der Waals surface area contributed by atoms with Gasteiger partial charge in [-0.2, -0.15) is 0 Å². The summed E-state index contributed by atoms with van der Waals surface area (Å²) in [4.78, 5) is 0. The van der Waals surface area contributed by atoms with Crippen molar-refractivity contribution in [3.63, 3.8) is 0 Å². The van der Waals surface area contributed by atoms with E-state index in [0.717, 1.165) is 16.7 Å². The number of hydrogen-bond donors (Lipinski definition) is 0. The lowest BCUT2D eigenvalue weighted by atomic mass is 9.98. The van der Waals surface area contributed by atoms with Gasteiger partial charge in [0.25, 0.3) is 0 Å². The molecule has 0 N–H and O–H groups in total. The summed E-state index contributed by atoms with van der Waals surface area (Å²) in [5.74, 6) is 0. The minimum absolute atomic E-state index is 0.258. The molecule has 0 bridgehead atoms. The summed E-state index contributed by atoms with van der Waals surface area (Å²) in [5.41, 5.74) is 3.24. The Morgan fingerprint density at radius 1 is 0.629 bits per heavy atom. The van der Waals surface area contributed by atoms with Crippen LogP contribution >= 0.6 is 0 Å². The van der Waals surface area contributed by atoms with E-state index in [1.807, 2.05) is 97.9 Å². The van der Waals surface area contributed by atoms with Gasteiger partial charge in [-0.15, -0.1) is 6.58 Å². The molecule has 4 rings (SSSR count). The third-order valence-electron chi connectivity index (χ3n) is 5.96. The first kappa shape index (κ1) is 25.3. The molecular weight excluding hydrogens is 440 g/mol. The van der Waals surface area contributed by atoms with E-state index in [9.17, 15) is 0 Å². The molecule has 0 radical (unpaired) electrons. The van der Waals surface area contributed by atoms with Crippen molar-refractivity contribution in [3.05, 3.63) is 120 Å². The number of benzene rings is 3. The molecule has 3 aromatic carbocycles. The highest BCUT2D eigenvalue weighted by molar-refractivity contribution is 5.15. The second-order valence-electron chi connectivity index (χ2n) is 8.62. The summed E-state index contributed by atoms with van der Waals surface area (Å²) in [5, 5.41) is 0. The van der Waals surface area contributed by atoms with Gasteiger partial charge in [-0.25, -0.2) is 0 Å². The lowest BCUT2D eigenvalue weighted by molar-refractivity contribution is -0.318. The van der Waals surface area contributed by atoms with E-state index >= 15 is 0 Å². The maximum atomic E-state index is 6.52. The van der Waals surface area contributed by atoms with E-state index in [-0.39, 0.29) is 12.2 Å². The molecule has 184 valence electrons. The van der Waals surface area contributed by atoms with Gasteiger partial charge in [-0.05, 0) is 23.6 Å². The molecule has 0 unspecified atom stereocenters. The topological polar surface area (TPSA) is 46.2 Å². The van der Waals surface area contributed by atoms with Crippen molar-refractivity contribution >= 4 is 0 Å². The Kier molecular flexibility index (Phi) is 9.64. The first-order chi connectivity index (χ1) is 17.2. The van der Waals surface area contributed by atoms with Crippen LogP contribution in [0.15, 0.2) is 104 Å². The monoisotopic (exact) mass is 474 g/mol. The van der Waals surface area contributed by atoms with E-state index in [4.69, 9.17) is 23.7 Å². The van der Waals surface area contributed by atoms with E-state index in [0.29, 0.717) is 26.4 Å². The first-order valence-corrected chi connectivity index (χ1v) is 12.1. The Morgan fingerprint density at radius 3 is 1.51 bits per heavy atom. The average molecular weight is 475 g/mol. The van der Waals surface area contributed by atoms with Crippen LogP contribution in [-0.4, -0.2) is 37.3 Å². The Bertz CT molecular complexity index is 995. The zero-order valence-electron chi connectivity index (χ0n) is 20.2. The lowest BCUT2D eigenvalue weighted by Gasteiger charge is -2.45. The van der Waals surface area contributed by atoms with Crippen molar-refractivity contribution in [1.82, 2.24) is 0 Å². The molecule has 1 saturated heterocycles. The molecule has 3 aromatic rings. The van der Waals surface area contributed by atoms with Crippen LogP contribution in [0.25, 0.3) is 0 Å². The van der Waals surface area contributed by atoms with E-state index in [1.165, 1.54) is 0 Å². The molecule has 0 spiro atoms. The molecular formula is C30H34O5. The molecule has 5 heteroatoms. The van der Waals surface area contributed by atoms with Crippen molar-refractivity contribution in [1.29, 1.82) is 0 Å². The van der Waals surface area contributed by atoms with Gasteiger partial charge in [0.15, 0.2) is 6.29 Å². The van der Waals surface area contributed by atoms with Crippen LogP contribution < -0.4 is 0 Å². The zero-order chi connectivity index (χ0) is 24.3. The van der Waals surface area contributed by atoms with Crippen LogP contribution in [0.1, 0.15) is 23.6 Å². The maximum absolute atomic E-state index is 6.52. The fraction of sp³-hybridized carbons (Fsp3) is 0.333. The van der Waals surface area contributed by atoms with Crippen LogP contribution in [0, 0.1) is 0 Å². The molecule has 0 saturated carbocycles. The fourth-order valence-electron chi connectivity index (χ4n) is 4.17. The predicted molar refractivity (Wildman–Crippen MR) is 136 cm³/mol. The Morgan fingerprint density at radius 2 is 1.06 bits per heavy atom. The van der Waals surface area contributed by atoms with Gasteiger partial charge in [0.1, 0.15) is 18.3 Å². The van der Waals surface area contributed by atoms with Crippen LogP contribution in [0.5, 0.6) is 0 Å². The van der Waals surface area contributed by atoms with Crippen molar-refractivity contribution in [2.24, 2.45) is 0 Å². The molecule has 0 aliphatic carbocycles. The summed E-state index contributed by atoms with van der Waals surface area (Å²) in [6, 6.07) is 30.3. The molecule has 5 atom stereocenters. The van der Waals surface area contributed by atoms with E-state index < -0.39 is 18.5 Å². The highest BCUT2D eigenvalue weighted by Gasteiger charge is 2.47. The Balaban J connectivity index is 1.56. The van der Waals surface area contributed by atoms with Crippen LogP contribution in [0.2, 0.25) is 0 Å². The molecule has 0 amide bonds. The quantitative estimate of drug-likeness (QED) is 0.316. The number of hydrogen-bond acceptors (Lipinski definition) is 5. The lowest BCUT2D eigenvalue weighted by Crippen LogP contribution is -2.60. The maximum Gasteiger partial charge on any atom is 0.187 e. The van der Waals surface area contributed by atoms with Crippen LogP contribution in [0.4, 0.5) is 0 Å². The minimum Gasteiger partial charge on any atom is -0.368 e. The molecule has 1 aliphatic heterocycles. The molecule has 0 aromatic heterocycles. The van der Waals surface area contributed by atoms with Crippen molar-refractivity contribution in [3.8, 4) is 0 Å². The molecule has 1 heterocycles. The van der Waals surface area contributed by atoms with Crippen LogP contribution in [0.3, 0.4) is 0 Å². The van der Waals surface area contributed by atoms with Gasteiger partial charge < -0.3 is 23.7 Å². The second kappa shape index (κ2) is 13.3. The first-order valence-electron chi connectivity index (χ1n) is 12.1. The summed E-state index contributed by atoms with van der Waals surface area (Å²) >= 11 is 0. The fourth-order valence-corrected chi connectivity index (χ4v) is 4.17. The smallest absolute Gasteiger partial charge is 0.187 e. The Hall–Kier alpha value is -2.80. The zero-order valence-corrected chi connectivity index (χ0v) is 20.2. The van der Waals surface area contributed by atoms with E-state index in [1.54, 1.807) is 6.08 Å². The summed E-state index contributed by atoms with van der Waals surface area (Å²) < 4.78 is 31.6. The highest BCUT2D eigenvalue weighted by atomic mass is 16.7. The minimum atomic E-state index is -0.607. The van der Waals surface area contributed by atoms with E-state index in [2.05, 4.69) is 6.58 Å². The van der Waals surface area contributed by atoms with Crippen molar-refractivity contribution in [2.45, 2.75) is 57.5 Å². The van der Waals surface area contributed by atoms with Gasteiger partial charge in [0, 0.05) is 0 Å². The van der Waals surface area contributed by atoms with Gasteiger partial charge in [-0.1, -0.05) is 97.1 Å². The summed E-state index contributed by atoms with van der Waals surface area (Å²) in [7, 11) is 0. The highest BCUT2D eigenvalue weighted by Crippen LogP contribution is 2.31. The van der Waals surface area contributed by atoms with Gasteiger partial charge in [0.05, 0.1) is 32.5 Å². The number of ether oxygens (including phenoxy) is 5. The number of rotatable bonds is 12. The van der Waals surface area contributed by atoms with Gasteiger partial charge >= 0.3 is 0 Å². The standard InChI is InChI=1S/C30H34O5/c1-3-19-31-30-29(34-22-26-17-11-6-12-18-26)28(33-21-25-15-9-5-10-16-25)27(23(2)35-30)32-20-24-13-7-4-8-14-24/h3-18,23,27-30H,1,19-22H2,2H3/t23-,27-,28+,29-,30+/m1/s1. The Labute approximate surface area is 208 Å². The normalized spacial score (nSPS) is 24.2. The third kappa shape index (κ3) is 7.34. The van der Waals surface area contributed by atoms with Crippen molar-refractivity contribution in [2.75, 3.05) is 6.61 Å². The summed E-state index contributed by atoms with van der Waals surface area (Å²) in [6.07, 6.45) is -0.393. The molecule has 5 nitrogen and oxygen atoms in total. The molecule has 1 fully saturated rings. The summed E-state index contributed by atoms with van der Waals surface area (Å²) in [6.45, 7) is 7.42. The molecule has 35 heavy (non-hydrogen) atoms. The average Bonchev–Trinajstić information content (AvgIpc) is 2.91. The van der Waals surface area contributed by atoms with Crippen molar-refractivity contribution < 1.29 is 23.7 Å². The van der Waals surface area contributed by atoms with Crippen LogP contribution in [-0.2, 0) is 43.5 Å².